The summed E-state index contributed by atoms with van der Waals surface area (Å²) in [5.41, 5.74) is 1.99. The van der Waals surface area contributed by atoms with Crippen molar-refractivity contribution in [2.45, 2.75) is 13.2 Å². The molecule has 0 aliphatic heterocycles. The van der Waals surface area contributed by atoms with Crippen molar-refractivity contribution < 1.29 is 14.1 Å². The van der Waals surface area contributed by atoms with Crippen molar-refractivity contribution in [2.75, 3.05) is 19.5 Å². The average molecular weight is 275 g/mol. The summed E-state index contributed by atoms with van der Waals surface area (Å²) in [4.78, 5) is 12.1. The Morgan fingerprint density at radius 3 is 2.95 bits per heavy atom. The number of rotatable bonds is 6. The van der Waals surface area contributed by atoms with Crippen LogP contribution in [0.15, 0.2) is 34.9 Å². The molecule has 0 bridgehead atoms. The van der Waals surface area contributed by atoms with E-state index >= 15 is 0 Å². The SMILES string of the molecule is CNCc1ccccc1NC(=O)c1cc(COC)on1. The molecule has 20 heavy (non-hydrogen) atoms. The Bertz CT molecular complexity index is 581. The molecule has 1 heterocycles. The minimum absolute atomic E-state index is 0.233. The van der Waals surface area contributed by atoms with E-state index < -0.39 is 0 Å². The van der Waals surface area contributed by atoms with Gasteiger partial charge in [-0.15, -0.1) is 0 Å². The number of hydrogen-bond donors (Lipinski definition) is 2. The fourth-order valence-electron chi connectivity index (χ4n) is 1.80. The summed E-state index contributed by atoms with van der Waals surface area (Å²) in [5.74, 6) is 0.209. The summed E-state index contributed by atoms with van der Waals surface area (Å²) in [7, 11) is 3.41. The summed E-state index contributed by atoms with van der Waals surface area (Å²) in [5, 5.41) is 9.60. The molecule has 2 rings (SSSR count). The van der Waals surface area contributed by atoms with Crippen LogP contribution in [0, 0.1) is 0 Å². The number of hydrogen-bond acceptors (Lipinski definition) is 5. The van der Waals surface area contributed by atoms with Gasteiger partial charge in [0, 0.05) is 25.4 Å². The van der Waals surface area contributed by atoms with Gasteiger partial charge in [-0.05, 0) is 18.7 Å². The number of aromatic nitrogens is 1. The summed E-state index contributed by atoms with van der Waals surface area (Å²) >= 11 is 0. The molecule has 2 aromatic rings. The van der Waals surface area contributed by atoms with Gasteiger partial charge in [-0.2, -0.15) is 0 Å². The summed E-state index contributed by atoms with van der Waals surface area (Å²) < 4.78 is 9.91. The largest absolute Gasteiger partial charge is 0.377 e. The van der Waals surface area contributed by atoms with Crippen LogP contribution in [0.4, 0.5) is 5.69 Å². The Hall–Kier alpha value is -2.18. The molecule has 0 saturated heterocycles. The third-order valence-electron chi connectivity index (χ3n) is 2.71. The summed E-state index contributed by atoms with van der Waals surface area (Å²) in [6, 6.07) is 9.16. The number of methoxy groups -OCH3 is 1. The molecule has 0 unspecified atom stereocenters. The minimum atomic E-state index is -0.306. The van der Waals surface area contributed by atoms with Crippen molar-refractivity contribution >= 4 is 11.6 Å². The van der Waals surface area contributed by atoms with Gasteiger partial charge in [-0.25, -0.2) is 0 Å². The highest BCUT2D eigenvalue weighted by molar-refractivity contribution is 6.03. The summed E-state index contributed by atoms with van der Waals surface area (Å²) in [6.07, 6.45) is 0. The van der Waals surface area contributed by atoms with Gasteiger partial charge in [0.15, 0.2) is 11.5 Å². The molecule has 0 fully saturated rings. The van der Waals surface area contributed by atoms with Crippen LogP contribution in [-0.2, 0) is 17.9 Å². The number of amides is 1. The molecule has 106 valence electrons. The maximum absolute atomic E-state index is 12.1. The maximum Gasteiger partial charge on any atom is 0.277 e. The smallest absolute Gasteiger partial charge is 0.277 e. The van der Waals surface area contributed by atoms with E-state index in [0.717, 1.165) is 11.3 Å². The summed E-state index contributed by atoms with van der Waals surface area (Å²) in [6.45, 7) is 0.959. The number of nitrogens with one attached hydrogen (secondary N) is 2. The lowest BCUT2D eigenvalue weighted by Crippen LogP contribution is -2.15. The van der Waals surface area contributed by atoms with E-state index in [0.29, 0.717) is 12.3 Å². The number of para-hydroxylation sites is 1. The quantitative estimate of drug-likeness (QED) is 0.840. The molecule has 1 amide bonds. The maximum atomic E-state index is 12.1. The first-order valence-corrected chi connectivity index (χ1v) is 6.23. The van der Waals surface area contributed by atoms with E-state index in [4.69, 9.17) is 9.26 Å². The lowest BCUT2D eigenvalue weighted by atomic mass is 10.1. The highest BCUT2D eigenvalue weighted by atomic mass is 16.5. The molecular formula is C14H17N3O3. The molecule has 6 heteroatoms. The van der Waals surface area contributed by atoms with E-state index in [9.17, 15) is 4.79 Å². The first kappa shape index (κ1) is 14.2. The molecule has 1 aromatic carbocycles. The second-order valence-electron chi connectivity index (χ2n) is 4.25. The van der Waals surface area contributed by atoms with E-state index in [1.807, 2.05) is 31.3 Å². The van der Waals surface area contributed by atoms with E-state index in [1.54, 1.807) is 13.2 Å². The normalized spacial score (nSPS) is 10.5. The Balaban J connectivity index is 2.10. The van der Waals surface area contributed by atoms with Crippen molar-refractivity contribution in [1.82, 2.24) is 10.5 Å². The third kappa shape index (κ3) is 3.43. The van der Waals surface area contributed by atoms with Crippen LogP contribution >= 0.6 is 0 Å². The topological polar surface area (TPSA) is 76.4 Å². The van der Waals surface area contributed by atoms with Gasteiger partial charge < -0.3 is 19.9 Å². The minimum Gasteiger partial charge on any atom is -0.377 e. The van der Waals surface area contributed by atoms with Gasteiger partial charge in [0.05, 0.1) is 0 Å². The zero-order valence-corrected chi connectivity index (χ0v) is 11.5. The van der Waals surface area contributed by atoms with Crippen LogP contribution in [0.25, 0.3) is 0 Å². The zero-order chi connectivity index (χ0) is 14.4. The predicted octanol–water partition coefficient (Wildman–Crippen LogP) is 1.79. The van der Waals surface area contributed by atoms with Crippen LogP contribution in [0.2, 0.25) is 0 Å². The number of carbonyl (C=O) groups excluding carboxylic acids is 1. The van der Waals surface area contributed by atoms with Crippen molar-refractivity contribution in [1.29, 1.82) is 0 Å². The molecule has 2 N–H and O–H groups in total. The van der Waals surface area contributed by atoms with Gasteiger partial charge >= 0.3 is 0 Å². The van der Waals surface area contributed by atoms with Crippen LogP contribution < -0.4 is 10.6 Å². The van der Waals surface area contributed by atoms with Gasteiger partial charge in [0.25, 0.3) is 5.91 Å². The molecule has 0 saturated carbocycles. The molecule has 1 aromatic heterocycles. The standard InChI is InChI=1S/C14H17N3O3/c1-15-8-10-5-3-4-6-12(10)16-14(18)13-7-11(9-19-2)20-17-13/h3-7,15H,8-9H2,1-2H3,(H,16,18). The predicted molar refractivity (Wildman–Crippen MR) is 74.4 cm³/mol. The van der Waals surface area contributed by atoms with Crippen LogP contribution in [0.3, 0.4) is 0 Å². The van der Waals surface area contributed by atoms with Crippen LogP contribution in [0.5, 0.6) is 0 Å². The van der Waals surface area contributed by atoms with E-state index in [-0.39, 0.29) is 18.2 Å². The van der Waals surface area contributed by atoms with Crippen molar-refractivity contribution in [3.05, 3.63) is 47.3 Å². The lowest BCUT2D eigenvalue weighted by molar-refractivity contribution is 0.101. The van der Waals surface area contributed by atoms with E-state index in [1.165, 1.54) is 0 Å². The van der Waals surface area contributed by atoms with E-state index in [2.05, 4.69) is 15.8 Å². The molecule has 0 radical (unpaired) electrons. The highest BCUT2D eigenvalue weighted by Crippen LogP contribution is 2.16. The molecular weight excluding hydrogens is 258 g/mol. The average Bonchev–Trinajstić information content (AvgIpc) is 2.90. The Morgan fingerprint density at radius 1 is 1.40 bits per heavy atom. The van der Waals surface area contributed by atoms with Gasteiger partial charge in [0.1, 0.15) is 6.61 Å². The number of ether oxygens (including phenoxy) is 1. The molecule has 0 spiro atoms. The third-order valence-corrected chi connectivity index (χ3v) is 2.71. The number of anilines is 1. The van der Waals surface area contributed by atoms with Crippen molar-refractivity contribution in [3.8, 4) is 0 Å². The second kappa shape index (κ2) is 6.83. The second-order valence-corrected chi connectivity index (χ2v) is 4.25. The van der Waals surface area contributed by atoms with Gasteiger partial charge in [-0.1, -0.05) is 23.4 Å². The van der Waals surface area contributed by atoms with Gasteiger partial charge in [-0.3, -0.25) is 4.79 Å². The fraction of sp³-hybridized carbons (Fsp3) is 0.286. The monoisotopic (exact) mass is 275 g/mol. The number of nitrogens with zero attached hydrogens (tertiary/aromatic N) is 1. The number of carbonyl (C=O) groups is 1. The Morgan fingerprint density at radius 2 is 2.20 bits per heavy atom. The zero-order valence-electron chi connectivity index (χ0n) is 11.5. The fourth-order valence-corrected chi connectivity index (χ4v) is 1.80. The molecule has 0 aliphatic carbocycles. The molecule has 0 atom stereocenters. The highest BCUT2D eigenvalue weighted by Gasteiger charge is 2.13. The lowest BCUT2D eigenvalue weighted by Gasteiger charge is -2.09. The molecule has 0 aliphatic rings. The number of benzene rings is 1. The Labute approximate surface area is 117 Å². The first-order chi connectivity index (χ1) is 9.74. The van der Waals surface area contributed by atoms with Crippen molar-refractivity contribution in [3.63, 3.8) is 0 Å². The Kier molecular flexibility index (Phi) is 4.86. The van der Waals surface area contributed by atoms with Gasteiger partial charge in [0.2, 0.25) is 0 Å². The molecule has 6 nitrogen and oxygen atoms in total. The first-order valence-electron chi connectivity index (χ1n) is 6.23. The van der Waals surface area contributed by atoms with Crippen molar-refractivity contribution in [2.24, 2.45) is 0 Å². The van der Waals surface area contributed by atoms with Crippen LogP contribution in [0.1, 0.15) is 21.8 Å². The van der Waals surface area contributed by atoms with Crippen LogP contribution in [-0.4, -0.2) is 25.2 Å².